The van der Waals surface area contributed by atoms with Gasteiger partial charge in [0.25, 0.3) is 0 Å². The summed E-state index contributed by atoms with van der Waals surface area (Å²) in [7, 11) is 0. The van der Waals surface area contributed by atoms with E-state index in [9.17, 15) is 0 Å². The molecule has 0 aromatic rings. The van der Waals surface area contributed by atoms with Crippen LogP contribution < -0.4 is 5.32 Å². The number of morpholine rings is 1. The van der Waals surface area contributed by atoms with Crippen molar-refractivity contribution in [3.8, 4) is 0 Å². The Balaban J connectivity index is 1.92. The molecule has 0 amide bonds. The number of nitrogens with zero attached hydrogens (tertiary/aromatic N) is 1. The molecule has 0 radical (unpaired) electrons. The van der Waals surface area contributed by atoms with E-state index in [0.29, 0.717) is 6.04 Å². The van der Waals surface area contributed by atoms with Gasteiger partial charge in [0.05, 0.1) is 13.2 Å². The first-order valence-corrected chi connectivity index (χ1v) is 4.69. The zero-order valence-corrected chi connectivity index (χ0v) is 8.12. The number of allylic oxidation sites excluding steroid dienone is 1. The highest BCUT2D eigenvalue weighted by atomic mass is 16.5. The van der Waals surface area contributed by atoms with Crippen molar-refractivity contribution in [2.24, 2.45) is 0 Å². The maximum atomic E-state index is 5.47. The number of hydrogen-bond donors (Lipinski definition) is 1. The van der Waals surface area contributed by atoms with E-state index in [-0.39, 0.29) is 6.35 Å². The summed E-state index contributed by atoms with van der Waals surface area (Å²) in [5.41, 5.74) is 1.09. The topological polar surface area (TPSA) is 33.7 Å². The van der Waals surface area contributed by atoms with Crippen LogP contribution in [-0.2, 0) is 9.47 Å². The number of hydrogen-bond acceptors (Lipinski definition) is 4. The molecule has 4 nitrogen and oxygen atoms in total. The van der Waals surface area contributed by atoms with Crippen LogP contribution in [0.4, 0.5) is 0 Å². The quantitative estimate of drug-likeness (QED) is 0.642. The average molecular weight is 184 g/mol. The molecule has 2 rings (SSSR count). The Morgan fingerprint density at radius 2 is 2.46 bits per heavy atom. The molecule has 2 atom stereocenters. The molecule has 2 aliphatic heterocycles. The molecular weight excluding hydrogens is 168 g/mol. The third-order valence-electron chi connectivity index (χ3n) is 2.45. The van der Waals surface area contributed by atoms with Gasteiger partial charge < -0.3 is 14.8 Å². The molecule has 2 aliphatic rings. The molecule has 0 bridgehead atoms. The van der Waals surface area contributed by atoms with Crippen LogP contribution in [0.5, 0.6) is 0 Å². The van der Waals surface area contributed by atoms with E-state index in [1.807, 2.05) is 6.92 Å². The third-order valence-corrected chi connectivity index (χ3v) is 2.45. The van der Waals surface area contributed by atoms with Crippen LogP contribution >= 0.6 is 0 Å². The number of rotatable bonds is 1. The SMILES string of the molecule is CC1=COC(N2CCOCC2C)N1. The highest BCUT2D eigenvalue weighted by Crippen LogP contribution is 2.15. The first-order chi connectivity index (χ1) is 6.27. The molecule has 0 saturated carbocycles. The van der Waals surface area contributed by atoms with E-state index < -0.39 is 0 Å². The fourth-order valence-electron chi connectivity index (χ4n) is 1.68. The summed E-state index contributed by atoms with van der Waals surface area (Å²) in [5.74, 6) is 0. The Morgan fingerprint density at radius 3 is 3.08 bits per heavy atom. The predicted octanol–water partition coefficient (Wildman–Crippen LogP) is 0.472. The van der Waals surface area contributed by atoms with E-state index in [4.69, 9.17) is 9.47 Å². The summed E-state index contributed by atoms with van der Waals surface area (Å²) in [4.78, 5) is 2.27. The second-order valence-electron chi connectivity index (χ2n) is 3.60. The smallest absolute Gasteiger partial charge is 0.229 e. The maximum absolute atomic E-state index is 5.47. The zero-order chi connectivity index (χ0) is 9.26. The Labute approximate surface area is 78.5 Å². The lowest BCUT2D eigenvalue weighted by Crippen LogP contribution is -2.53. The van der Waals surface area contributed by atoms with Gasteiger partial charge in [-0.1, -0.05) is 0 Å². The second kappa shape index (κ2) is 3.55. The minimum atomic E-state index is 0.0129. The minimum Gasteiger partial charge on any atom is -0.463 e. The van der Waals surface area contributed by atoms with Crippen molar-refractivity contribution in [2.45, 2.75) is 26.2 Å². The van der Waals surface area contributed by atoms with Crippen LogP contribution in [0, 0.1) is 0 Å². The molecule has 0 spiro atoms. The molecule has 0 aromatic carbocycles. The summed E-state index contributed by atoms with van der Waals surface area (Å²) in [6.07, 6.45) is 1.78. The third kappa shape index (κ3) is 1.78. The van der Waals surface area contributed by atoms with Crippen molar-refractivity contribution in [2.75, 3.05) is 19.8 Å². The first-order valence-electron chi connectivity index (χ1n) is 4.69. The fourth-order valence-corrected chi connectivity index (χ4v) is 1.68. The lowest BCUT2D eigenvalue weighted by Gasteiger charge is -2.36. The van der Waals surface area contributed by atoms with Gasteiger partial charge in [0.15, 0.2) is 0 Å². The summed E-state index contributed by atoms with van der Waals surface area (Å²) in [6, 6.07) is 0.422. The lowest BCUT2D eigenvalue weighted by atomic mass is 10.3. The monoisotopic (exact) mass is 184 g/mol. The minimum absolute atomic E-state index is 0.0129. The van der Waals surface area contributed by atoms with Crippen LogP contribution in [0.25, 0.3) is 0 Å². The molecule has 1 fully saturated rings. The van der Waals surface area contributed by atoms with Gasteiger partial charge in [0.2, 0.25) is 6.35 Å². The van der Waals surface area contributed by atoms with Crippen LogP contribution in [-0.4, -0.2) is 37.1 Å². The largest absolute Gasteiger partial charge is 0.463 e. The van der Waals surface area contributed by atoms with Gasteiger partial charge in [-0.3, -0.25) is 0 Å². The highest BCUT2D eigenvalue weighted by Gasteiger charge is 2.29. The number of nitrogens with one attached hydrogen (secondary N) is 1. The van der Waals surface area contributed by atoms with Gasteiger partial charge in [-0.25, -0.2) is 4.90 Å². The summed E-state index contributed by atoms with van der Waals surface area (Å²) < 4.78 is 10.8. The average Bonchev–Trinajstić information content (AvgIpc) is 2.53. The van der Waals surface area contributed by atoms with Gasteiger partial charge in [-0.05, 0) is 13.8 Å². The van der Waals surface area contributed by atoms with Crippen LogP contribution in [0.15, 0.2) is 12.0 Å². The molecule has 4 heteroatoms. The van der Waals surface area contributed by atoms with Gasteiger partial charge in [-0.2, -0.15) is 0 Å². The second-order valence-corrected chi connectivity index (χ2v) is 3.60. The summed E-state index contributed by atoms with van der Waals surface area (Å²) >= 11 is 0. The van der Waals surface area contributed by atoms with E-state index in [1.54, 1.807) is 6.26 Å². The molecule has 2 unspecified atom stereocenters. The van der Waals surface area contributed by atoms with Crippen molar-refractivity contribution >= 4 is 0 Å². The van der Waals surface area contributed by atoms with Gasteiger partial charge in [0.1, 0.15) is 6.26 Å². The predicted molar refractivity (Wildman–Crippen MR) is 48.8 cm³/mol. The van der Waals surface area contributed by atoms with Gasteiger partial charge in [0, 0.05) is 18.3 Å². The Bertz CT molecular complexity index is 218. The standard InChI is InChI=1S/C9H16N2O2/c1-7-5-13-9(10-7)11-3-4-12-6-8(11)2/h5,8-10H,3-4,6H2,1-2H3. The van der Waals surface area contributed by atoms with Crippen molar-refractivity contribution in [3.63, 3.8) is 0 Å². The molecule has 13 heavy (non-hydrogen) atoms. The molecule has 1 saturated heterocycles. The van der Waals surface area contributed by atoms with E-state index in [1.165, 1.54) is 0 Å². The molecule has 0 aromatic heterocycles. The summed E-state index contributed by atoms with van der Waals surface area (Å²) in [5, 5.41) is 3.26. The Kier molecular flexibility index (Phi) is 2.42. The number of ether oxygens (including phenoxy) is 2. The zero-order valence-electron chi connectivity index (χ0n) is 8.12. The molecular formula is C9H16N2O2. The van der Waals surface area contributed by atoms with Crippen molar-refractivity contribution < 1.29 is 9.47 Å². The lowest BCUT2D eigenvalue weighted by molar-refractivity contribution is -0.0933. The highest BCUT2D eigenvalue weighted by molar-refractivity contribution is 4.97. The normalized spacial score (nSPS) is 35.1. The first kappa shape index (κ1) is 8.84. The molecule has 74 valence electrons. The van der Waals surface area contributed by atoms with Crippen molar-refractivity contribution in [3.05, 3.63) is 12.0 Å². The Morgan fingerprint density at radius 1 is 1.62 bits per heavy atom. The fraction of sp³-hybridized carbons (Fsp3) is 0.778. The molecule has 2 heterocycles. The van der Waals surface area contributed by atoms with E-state index >= 15 is 0 Å². The van der Waals surface area contributed by atoms with Crippen molar-refractivity contribution in [1.29, 1.82) is 0 Å². The van der Waals surface area contributed by atoms with E-state index in [0.717, 1.165) is 25.5 Å². The molecule has 1 N–H and O–H groups in total. The summed E-state index contributed by atoms with van der Waals surface area (Å²) in [6.45, 7) is 6.68. The van der Waals surface area contributed by atoms with Crippen LogP contribution in [0.1, 0.15) is 13.8 Å². The van der Waals surface area contributed by atoms with E-state index in [2.05, 4.69) is 17.1 Å². The van der Waals surface area contributed by atoms with Gasteiger partial charge >= 0.3 is 0 Å². The Hall–Kier alpha value is -0.740. The molecule has 0 aliphatic carbocycles. The van der Waals surface area contributed by atoms with Crippen LogP contribution in [0.2, 0.25) is 0 Å². The van der Waals surface area contributed by atoms with Crippen LogP contribution in [0.3, 0.4) is 0 Å². The maximum Gasteiger partial charge on any atom is 0.229 e. The van der Waals surface area contributed by atoms with Crippen molar-refractivity contribution in [1.82, 2.24) is 10.2 Å². The van der Waals surface area contributed by atoms with Gasteiger partial charge in [-0.15, -0.1) is 0 Å².